The normalized spacial score (nSPS) is 29.1. The molecule has 0 amide bonds. The van der Waals surface area contributed by atoms with Crippen molar-refractivity contribution in [2.45, 2.75) is 24.6 Å². The second-order valence-electron chi connectivity index (χ2n) is 4.49. The summed E-state index contributed by atoms with van der Waals surface area (Å²) in [6.45, 7) is -0.503. The summed E-state index contributed by atoms with van der Waals surface area (Å²) in [6.07, 6.45) is -3.95. The standard InChI is InChI=1S/C10H12N4O7/c15-1-3-5(16)6(17)9(20-3)21-14-2-11-7-4(14)8(18)13-10(19)12-7/h2-3,5-6,9,15-17H,1H2,(H2,12,13,18,19)/t3-,5-,6-,9?/m1/s1. The molecule has 2 aromatic heterocycles. The van der Waals surface area contributed by atoms with E-state index in [0.29, 0.717) is 0 Å². The first-order valence-electron chi connectivity index (χ1n) is 6.00. The minimum atomic E-state index is -1.42. The molecule has 1 aliphatic heterocycles. The van der Waals surface area contributed by atoms with E-state index in [4.69, 9.17) is 14.7 Å². The molecule has 0 aliphatic carbocycles. The molecule has 21 heavy (non-hydrogen) atoms. The Bertz CT molecular complexity index is 765. The molecule has 11 heteroatoms. The number of nitrogens with one attached hydrogen (secondary N) is 2. The number of fused-ring (bicyclic) bond motifs is 1. The predicted molar refractivity (Wildman–Crippen MR) is 65.3 cm³/mol. The summed E-state index contributed by atoms with van der Waals surface area (Å²) in [4.78, 5) is 36.1. The summed E-state index contributed by atoms with van der Waals surface area (Å²) in [5.41, 5.74) is -1.55. The molecule has 0 aromatic carbocycles. The SMILES string of the molecule is O=c1[nH]c(=O)c2c(ncn2OC2O[C@H](CO)[C@@H](O)[C@H]2O)[nH]1. The van der Waals surface area contributed by atoms with Gasteiger partial charge in [0.25, 0.3) is 11.8 Å². The Balaban J connectivity index is 1.93. The fourth-order valence-corrected chi connectivity index (χ4v) is 2.08. The molecular formula is C10H12N4O7. The highest BCUT2D eigenvalue weighted by atomic mass is 16.8. The first-order chi connectivity index (χ1) is 10.0. The van der Waals surface area contributed by atoms with Crippen LogP contribution in [0.5, 0.6) is 0 Å². The third-order valence-electron chi connectivity index (χ3n) is 3.13. The van der Waals surface area contributed by atoms with Crippen LogP contribution in [0.2, 0.25) is 0 Å². The van der Waals surface area contributed by atoms with Crippen LogP contribution in [-0.4, -0.2) is 66.2 Å². The third-order valence-corrected chi connectivity index (χ3v) is 3.13. The Morgan fingerprint density at radius 3 is 2.76 bits per heavy atom. The lowest BCUT2D eigenvalue weighted by Crippen LogP contribution is -2.38. The molecule has 1 unspecified atom stereocenters. The smallest absolute Gasteiger partial charge is 0.327 e. The van der Waals surface area contributed by atoms with Crippen molar-refractivity contribution >= 4 is 11.2 Å². The number of aromatic amines is 2. The van der Waals surface area contributed by atoms with Gasteiger partial charge in [-0.2, -0.15) is 4.73 Å². The van der Waals surface area contributed by atoms with Gasteiger partial charge in [-0.3, -0.25) is 14.8 Å². The average Bonchev–Trinajstić information content (AvgIpc) is 2.95. The van der Waals surface area contributed by atoms with Gasteiger partial charge in [0.15, 0.2) is 11.2 Å². The fourth-order valence-electron chi connectivity index (χ4n) is 2.08. The van der Waals surface area contributed by atoms with E-state index in [2.05, 4.69) is 9.97 Å². The number of aliphatic hydroxyl groups excluding tert-OH is 3. The van der Waals surface area contributed by atoms with Crippen LogP contribution in [-0.2, 0) is 4.74 Å². The molecular weight excluding hydrogens is 288 g/mol. The van der Waals surface area contributed by atoms with E-state index in [1.54, 1.807) is 0 Å². The van der Waals surface area contributed by atoms with Crippen molar-refractivity contribution in [1.29, 1.82) is 0 Å². The van der Waals surface area contributed by atoms with E-state index >= 15 is 0 Å². The van der Waals surface area contributed by atoms with Crippen molar-refractivity contribution < 1.29 is 24.9 Å². The fraction of sp³-hybridized carbons (Fsp3) is 0.500. The number of rotatable bonds is 3. The first-order valence-corrected chi connectivity index (χ1v) is 6.00. The van der Waals surface area contributed by atoms with E-state index in [1.165, 1.54) is 0 Å². The molecule has 11 nitrogen and oxygen atoms in total. The Kier molecular flexibility index (Phi) is 3.25. The largest absolute Gasteiger partial charge is 0.394 e. The van der Waals surface area contributed by atoms with E-state index in [0.717, 1.165) is 11.1 Å². The minimum absolute atomic E-state index is 0.00417. The van der Waals surface area contributed by atoms with Crippen LogP contribution in [0.25, 0.3) is 11.2 Å². The van der Waals surface area contributed by atoms with Crippen LogP contribution < -0.4 is 16.1 Å². The second kappa shape index (κ2) is 4.96. The van der Waals surface area contributed by atoms with Crippen LogP contribution >= 0.6 is 0 Å². The molecule has 0 bridgehead atoms. The maximum absolute atomic E-state index is 11.7. The Morgan fingerprint density at radius 1 is 1.33 bits per heavy atom. The van der Waals surface area contributed by atoms with Crippen LogP contribution in [0.4, 0.5) is 0 Å². The van der Waals surface area contributed by atoms with Crippen LogP contribution in [0, 0.1) is 0 Å². The van der Waals surface area contributed by atoms with Gasteiger partial charge >= 0.3 is 5.69 Å². The lowest BCUT2D eigenvalue weighted by molar-refractivity contribution is -0.168. The number of H-pyrrole nitrogens is 2. The van der Waals surface area contributed by atoms with Crippen molar-refractivity contribution in [2.24, 2.45) is 0 Å². The highest BCUT2D eigenvalue weighted by Crippen LogP contribution is 2.20. The lowest BCUT2D eigenvalue weighted by atomic mass is 10.1. The van der Waals surface area contributed by atoms with Gasteiger partial charge in [0.2, 0.25) is 0 Å². The second-order valence-corrected chi connectivity index (χ2v) is 4.49. The maximum Gasteiger partial charge on any atom is 0.327 e. The predicted octanol–water partition coefficient (Wildman–Crippen LogP) is -3.72. The van der Waals surface area contributed by atoms with Crippen molar-refractivity contribution in [3.8, 4) is 0 Å². The molecule has 5 N–H and O–H groups in total. The molecule has 1 aliphatic rings. The van der Waals surface area contributed by atoms with Crippen LogP contribution in [0.1, 0.15) is 0 Å². The monoisotopic (exact) mass is 300 g/mol. The Morgan fingerprint density at radius 2 is 2.10 bits per heavy atom. The van der Waals surface area contributed by atoms with Gasteiger partial charge in [-0.15, -0.1) is 0 Å². The first kappa shape index (κ1) is 13.8. The number of imidazole rings is 1. The summed E-state index contributed by atoms with van der Waals surface area (Å²) in [5.74, 6) is 0. The summed E-state index contributed by atoms with van der Waals surface area (Å²) in [5, 5.41) is 28.3. The molecule has 3 rings (SSSR count). The summed E-state index contributed by atoms with van der Waals surface area (Å²) in [7, 11) is 0. The summed E-state index contributed by atoms with van der Waals surface area (Å²) >= 11 is 0. The Hall–Kier alpha value is -2.21. The lowest BCUT2D eigenvalue weighted by Gasteiger charge is -2.16. The molecule has 0 radical (unpaired) electrons. The zero-order chi connectivity index (χ0) is 15.1. The van der Waals surface area contributed by atoms with Gasteiger partial charge in [-0.05, 0) is 0 Å². The van der Waals surface area contributed by atoms with Crippen molar-refractivity contribution in [1.82, 2.24) is 19.7 Å². The molecule has 114 valence electrons. The number of aliphatic hydroxyl groups is 3. The summed E-state index contributed by atoms with van der Waals surface area (Å²) < 4.78 is 6.02. The molecule has 1 saturated heterocycles. The molecule has 1 fully saturated rings. The number of aromatic nitrogens is 4. The van der Waals surface area contributed by atoms with Gasteiger partial charge < -0.3 is 24.9 Å². The van der Waals surface area contributed by atoms with Crippen LogP contribution in [0.3, 0.4) is 0 Å². The van der Waals surface area contributed by atoms with E-state index in [9.17, 15) is 19.8 Å². The van der Waals surface area contributed by atoms with Crippen molar-refractivity contribution in [3.05, 3.63) is 27.2 Å². The number of ether oxygens (including phenoxy) is 1. The minimum Gasteiger partial charge on any atom is -0.394 e. The summed E-state index contributed by atoms with van der Waals surface area (Å²) in [6, 6.07) is 0. The maximum atomic E-state index is 11.7. The highest BCUT2D eigenvalue weighted by Gasteiger charge is 2.44. The molecule has 0 saturated carbocycles. The Labute approximate surface area is 115 Å². The van der Waals surface area contributed by atoms with Crippen molar-refractivity contribution in [2.75, 3.05) is 6.61 Å². The number of hydrogen-bond donors (Lipinski definition) is 5. The zero-order valence-electron chi connectivity index (χ0n) is 10.5. The number of hydrogen-bond acceptors (Lipinski definition) is 8. The van der Waals surface area contributed by atoms with Gasteiger partial charge in [0.1, 0.15) is 24.6 Å². The topological polar surface area (TPSA) is 163 Å². The quantitative estimate of drug-likeness (QED) is 0.386. The van der Waals surface area contributed by atoms with E-state index in [1.807, 2.05) is 4.98 Å². The number of nitrogens with zero attached hydrogens (tertiary/aromatic N) is 2. The van der Waals surface area contributed by atoms with Crippen LogP contribution in [0.15, 0.2) is 15.9 Å². The third kappa shape index (κ3) is 2.21. The molecule has 3 heterocycles. The van der Waals surface area contributed by atoms with Gasteiger partial charge in [0, 0.05) is 0 Å². The van der Waals surface area contributed by atoms with Gasteiger partial charge in [-0.1, -0.05) is 0 Å². The molecule has 2 aromatic rings. The van der Waals surface area contributed by atoms with Gasteiger partial charge in [0.05, 0.1) is 6.61 Å². The zero-order valence-corrected chi connectivity index (χ0v) is 10.5. The average molecular weight is 300 g/mol. The molecule has 0 spiro atoms. The van der Waals surface area contributed by atoms with Crippen molar-refractivity contribution in [3.63, 3.8) is 0 Å². The van der Waals surface area contributed by atoms with E-state index in [-0.39, 0.29) is 11.2 Å². The van der Waals surface area contributed by atoms with E-state index < -0.39 is 42.5 Å². The van der Waals surface area contributed by atoms with Gasteiger partial charge in [-0.25, -0.2) is 9.78 Å². The molecule has 4 atom stereocenters. The highest BCUT2D eigenvalue weighted by molar-refractivity contribution is 5.68.